The topological polar surface area (TPSA) is 73.6 Å². The van der Waals surface area contributed by atoms with Crippen LogP contribution in [0.5, 0.6) is 0 Å². The van der Waals surface area contributed by atoms with Gasteiger partial charge in [-0.05, 0) is 13.8 Å². The number of aromatic nitrogens is 1. The lowest BCUT2D eigenvalue weighted by Crippen LogP contribution is -2.51. The van der Waals surface area contributed by atoms with Gasteiger partial charge in [-0.25, -0.2) is 0 Å². The Bertz CT molecular complexity index is 525. The number of hydrogen-bond acceptors (Lipinski definition) is 6. The van der Waals surface area contributed by atoms with Crippen molar-refractivity contribution in [2.24, 2.45) is 0 Å². The maximum Gasteiger partial charge on any atom is 0.159 e. The van der Waals surface area contributed by atoms with Gasteiger partial charge in [0.15, 0.2) is 5.78 Å². The molecule has 1 aromatic rings. The molecule has 1 aliphatic rings. The lowest BCUT2D eigenvalue weighted by atomic mass is 9.91. The summed E-state index contributed by atoms with van der Waals surface area (Å²) in [4.78, 5) is 12.5. The highest BCUT2D eigenvalue weighted by atomic mass is 16.6. The summed E-state index contributed by atoms with van der Waals surface area (Å²) in [5, 5.41) is 7.33. The molecule has 23 heavy (non-hydrogen) atoms. The van der Waals surface area contributed by atoms with Gasteiger partial charge >= 0.3 is 0 Å². The Morgan fingerprint density at radius 2 is 2.04 bits per heavy atom. The molecule has 1 N–H and O–H groups in total. The van der Waals surface area contributed by atoms with Crippen LogP contribution in [-0.2, 0) is 26.1 Å². The van der Waals surface area contributed by atoms with E-state index in [0.29, 0.717) is 32.1 Å². The molecule has 0 amide bonds. The minimum Gasteiger partial charge on any atom is -0.376 e. The first-order chi connectivity index (χ1) is 10.7. The molecule has 1 aliphatic heterocycles. The van der Waals surface area contributed by atoms with E-state index in [-0.39, 0.29) is 23.7 Å². The number of carbonyl (C=O) groups is 1. The van der Waals surface area contributed by atoms with Gasteiger partial charge in [0.2, 0.25) is 0 Å². The number of rotatable bonds is 6. The van der Waals surface area contributed by atoms with Crippen LogP contribution in [0.1, 0.15) is 46.1 Å². The van der Waals surface area contributed by atoms with Crippen LogP contribution in [0.2, 0.25) is 0 Å². The highest BCUT2D eigenvalue weighted by Crippen LogP contribution is 2.22. The Morgan fingerprint density at radius 1 is 1.30 bits per heavy atom. The normalized spacial score (nSPS) is 19.8. The minimum absolute atomic E-state index is 0.00593. The summed E-state index contributed by atoms with van der Waals surface area (Å²) < 4.78 is 16.3. The smallest absolute Gasteiger partial charge is 0.159 e. The first-order valence-corrected chi connectivity index (χ1v) is 8.12. The second-order valence-corrected chi connectivity index (χ2v) is 7.60. The molecule has 1 unspecified atom stereocenters. The second-order valence-electron chi connectivity index (χ2n) is 7.60. The first-order valence-electron chi connectivity index (χ1n) is 8.12. The van der Waals surface area contributed by atoms with Crippen LogP contribution in [-0.4, -0.2) is 48.9 Å². The minimum atomic E-state index is -0.657. The van der Waals surface area contributed by atoms with E-state index in [1.807, 2.05) is 19.9 Å². The van der Waals surface area contributed by atoms with Crippen LogP contribution in [0, 0.1) is 0 Å². The van der Waals surface area contributed by atoms with Crippen LogP contribution in [0.4, 0.5) is 0 Å². The molecule has 1 saturated heterocycles. The van der Waals surface area contributed by atoms with Gasteiger partial charge in [0.25, 0.3) is 0 Å². The number of nitrogens with one attached hydrogen (secondary N) is 1. The van der Waals surface area contributed by atoms with Crippen molar-refractivity contribution < 1.29 is 18.8 Å². The quantitative estimate of drug-likeness (QED) is 0.861. The number of nitrogens with zero attached hydrogens (tertiary/aromatic N) is 1. The lowest BCUT2D eigenvalue weighted by Gasteiger charge is -2.29. The summed E-state index contributed by atoms with van der Waals surface area (Å²) in [5.74, 6) is 0.665. The lowest BCUT2D eigenvalue weighted by molar-refractivity contribution is -0.125. The fourth-order valence-corrected chi connectivity index (χ4v) is 2.25. The van der Waals surface area contributed by atoms with E-state index >= 15 is 0 Å². The van der Waals surface area contributed by atoms with Crippen LogP contribution in [0.25, 0.3) is 0 Å². The molecule has 1 fully saturated rings. The largest absolute Gasteiger partial charge is 0.376 e. The monoisotopic (exact) mass is 324 g/mol. The predicted octanol–water partition coefficient (Wildman–Crippen LogP) is 1.87. The van der Waals surface area contributed by atoms with E-state index in [1.54, 1.807) is 0 Å². The third-order valence-corrected chi connectivity index (χ3v) is 4.02. The molecule has 6 heteroatoms. The summed E-state index contributed by atoms with van der Waals surface area (Å²) in [6, 6.07) is 1.87. The molecule has 0 aromatic carbocycles. The SMILES string of the molecule is CC(C)(NCC1COCCO1)C(=O)Cc1cc(C(C)(C)C)no1. The molecule has 0 aliphatic carbocycles. The highest BCUT2D eigenvalue weighted by molar-refractivity contribution is 5.89. The maximum absolute atomic E-state index is 12.5. The molecule has 6 nitrogen and oxygen atoms in total. The zero-order chi connectivity index (χ0) is 17.1. The average molecular weight is 324 g/mol. The van der Waals surface area contributed by atoms with Crippen molar-refractivity contribution >= 4 is 5.78 Å². The standard InChI is InChI=1S/C17H28N2O4/c1-16(2,3)14-8-12(23-19-14)9-15(20)17(4,5)18-10-13-11-21-6-7-22-13/h8,13,18H,6-7,9-11H2,1-5H3. The van der Waals surface area contributed by atoms with Gasteiger partial charge < -0.3 is 19.3 Å². The Balaban J connectivity index is 1.88. The van der Waals surface area contributed by atoms with Crippen molar-refractivity contribution in [1.82, 2.24) is 10.5 Å². The fourth-order valence-electron chi connectivity index (χ4n) is 2.25. The zero-order valence-corrected chi connectivity index (χ0v) is 14.8. The number of hydrogen-bond donors (Lipinski definition) is 1. The molecular weight excluding hydrogens is 296 g/mol. The van der Waals surface area contributed by atoms with Crippen molar-refractivity contribution in [3.8, 4) is 0 Å². The van der Waals surface area contributed by atoms with Gasteiger partial charge in [-0.1, -0.05) is 25.9 Å². The van der Waals surface area contributed by atoms with E-state index in [4.69, 9.17) is 14.0 Å². The van der Waals surface area contributed by atoms with E-state index in [9.17, 15) is 4.79 Å². The van der Waals surface area contributed by atoms with Gasteiger partial charge in [0.1, 0.15) is 5.76 Å². The molecule has 0 saturated carbocycles. The van der Waals surface area contributed by atoms with Gasteiger partial charge in [-0.15, -0.1) is 0 Å². The summed E-state index contributed by atoms with van der Waals surface area (Å²) in [6.07, 6.45) is 0.221. The first kappa shape index (κ1) is 18.1. The number of carbonyl (C=O) groups excluding carboxylic acids is 1. The molecule has 1 aromatic heterocycles. The average Bonchev–Trinajstić information content (AvgIpc) is 2.95. The van der Waals surface area contributed by atoms with Crippen molar-refractivity contribution in [3.05, 3.63) is 17.5 Å². The Morgan fingerprint density at radius 3 is 2.61 bits per heavy atom. The zero-order valence-electron chi connectivity index (χ0n) is 14.8. The summed E-state index contributed by atoms with van der Waals surface area (Å²) in [7, 11) is 0. The summed E-state index contributed by atoms with van der Waals surface area (Å²) in [5.41, 5.74) is 0.116. The van der Waals surface area contributed by atoms with Crippen LogP contribution < -0.4 is 5.32 Å². The summed E-state index contributed by atoms with van der Waals surface area (Å²) in [6.45, 7) is 12.3. The highest BCUT2D eigenvalue weighted by Gasteiger charge is 2.30. The molecule has 0 spiro atoms. The second kappa shape index (κ2) is 7.11. The summed E-state index contributed by atoms with van der Waals surface area (Å²) >= 11 is 0. The van der Waals surface area contributed by atoms with Gasteiger partial charge in [-0.3, -0.25) is 4.79 Å². The van der Waals surface area contributed by atoms with Crippen LogP contribution in [0.15, 0.2) is 10.6 Å². The van der Waals surface area contributed by atoms with Crippen molar-refractivity contribution in [2.75, 3.05) is 26.4 Å². The number of ether oxygens (including phenoxy) is 2. The predicted molar refractivity (Wildman–Crippen MR) is 86.6 cm³/mol. The molecule has 2 rings (SSSR count). The van der Waals surface area contributed by atoms with Gasteiger partial charge in [-0.2, -0.15) is 0 Å². The van der Waals surface area contributed by atoms with Gasteiger partial charge in [0, 0.05) is 18.0 Å². The molecule has 2 heterocycles. The van der Waals surface area contributed by atoms with Crippen molar-refractivity contribution in [2.45, 2.75) is 58.1 Å². The van der Waals surface area contributed by atoms with E-state index < -0.39 is 5.54 Å². The van der Waals surface area contributed by atoms with Gasteiger partial charge in [0.05, 0.1) is 43.6 Å². The van der Waals surface area contributed by atoms with E-state index in [1.165, 1.54) is 0 Å². The van der Waals surface area contributed by atoms with Crippen LogP contribution >= 0.6 is 0 Å². The molecule has 130 valence electrons. The van der Waals surface area contributed by atoms with Crippen molar-refractivity contribution in [3.63, 3.8) is 0 Å². The Kier molecular flexibility index (Phi) is 5.60. The van der Waals surface area contributed by atoms with E-state index in [2.05, 4.69) is 31.2 Å². The number of Topliss-reactive ketones (excluding diaryl/α,β-unsaturated/α-hetero) is 1. The Hall–Kier alpha value is -1.24. The molecule has 0 bridgehead atoms. The molecule has 1 atom stereocenters. The molecular formula is C17H28N2O4. The third-order valence-electron chi connectivity index (χ3n) is 4.02. The number of ketones is 1. The third kappa shape index (κ3) is 5.12. The maximum atomic E-state index is 12.5. The fraction of sp³-hybridized carbons (Fsp3) is 0.765. The van der Waals surface area contributed by atoms with E-state index in [0.717, 1.165) is 5.69 Å². The van der Waals surface area contributed by atoms with Crippen molar-refractivity contribution in [1.29, 1.82) is 0 Å². The van der Waals surface area contributed by atoms with Crippen LogP contribution in [0.3, 0.4) is 0 Å². The Labute approximate surface area is 137 Å². The molecule has 0 radical (unpaired) electrons.